The molecule has 0 aromatic carbocycles. The molecule has 0 saturated carbocycles. The number of rotatable bonds is 3. The van der Waals surface area contributed by atoms with E-state index in [0.29, 0.717) is 0 Å². The lowest BCUT2D eigenvalue weighted by Gasteiger charge is -2.12. The third kappa shape index (κ3) is 3.75. The Hall–Kier alpha value is -1.80. The predicted molar refractivity (Wildman–Crippen MR) is 53.1 cm³/mol. The van der Waals surface area contributed by atoms with Gasteiger partial charge in [0, 0.05) is 14.1 Å². The van der Waals surface area contributed by atoms with Crippen LogP contribution in [0.1, 0.15) is 0 Å². The average molecular weight is 236 g/mol. The maximum absolute atomic E-state index is 11.9. The highest BCUT2D eigenvalue weighted by Gasteiger charge is 2.27. The van der Waals surface area contributed by atoms with Gasteiger partial charge >= 0.3 is 6.18 Å². The van der Waals surface area contributed by atoms with Crippen molar-refractivity contribution in [3.63, 3.8) is 0 Å². The highest BCUT2D eigenvalue weighted by Crippen LogP contribution is 2.15. The van der Waals surface area contributed by atoms with Gasteiger partial charge in [-0.2, -0.15) is 28.1 Å². The number of hydrogen-bond donors (Lipinski definition) is 2. The largest absolute Gasteiger partial charge is 0.405 e. The van der Waals surface area contributed by atoms with Crippen molar-refractivity contribution in [1.82, 2.24) is 15.0 Å². The van der Waals surface area contributed by atoms with Gasteiger partial charge in [-0.25, -0.2) is 0 Å². The lowest BCUT2D eigenvalue weighted by molar-refractivity contribution is -0.115. The number of nitrogens with zero attached hydrogens (tertiary/aromatic N) is 4. The van der Waals surface area contributed by atoms with Crippen LogP contribution in [0, 0.1) is 0 Å². The third-order valence-corrected chi connectivity index (χ3v) is 1.49. The summed E-state index contributed by atoms with van der Waals surface area (Å²) in [6.45, 7) is -1.22. The van der Waals surface area contributed by atoms with Crippen LogP contribution in [0.3, 0.4) is 0 Å². The molecule has 0 amide bonds. The smallest absolute Gasteiger partial charge is 0.368 e. The third-order valence-electron chi connectivity index (χ3n) is 1.49. The van der Waals surface area contributed by atoms with Crippen LogP contribution in [0.2, 0.25) is 0 Å². The average Bonchev–Trinajstić information content (AvgIpc) is 2.13. The Kier molecular flexibility index (Phi) is 3.35. The molecule has 1 aromatic heterocycles. The van der Waals surface area contributed by atoms with Crippen LogP contribution in [0.4, 0.5) is 31.0 Å². The number of anilines is 3. The van der Waals surface area contributed by atoms with Crippen molar-refractivity contribution in [3.05, 3.63) is 0 Å². The van der Waals surface area contributed by atoms with Gasteiger partial charge in [0.2, 0.25) is 17.8 Å². The van der Waals surface area contributed by atoms with Gasteiger partial charge in [-0.1, -0.05) is 0 Å². The van der Waals surface area contributed by atoms with Gasteiger partial charge < -0.3 is 16.0 Å². The van der Waals surface area contributed by atoms with Gasteiger partial charge in [-0.3, -0.25) is 0 Å². The first-order valence-corrected chi connectivity index (χ1v) is 4.27. The van der Waals surface area contributed by atoms with Crippen molar-refractivity contribution in [2.45, 2.75) is 6.18 Å². The van der Waals surface area contributed by atoms with Crippen molar-refractivity contribution in [3.8, 4) is 0 Å². The Morgan fingerprint density at radius 1 is 1.25 bits per heavy atom. The fourth-order valence-electron chi connectivity index (χ4n) is 0.839. The summed E-state index contributed by atoms with van der Waals surface area (Å²) in [6.07, 6.45) is -4.33. The number of nitrogens with one attached hydrogen (secondary N) is 1. The van der Waals surface area contributed by atoms with Crippen molar-refractivity contribution < 1.29 is 13.2 Å². The Bertz CT molecular complexity index is 364. The van der Waals surface area contributed by atoms with E-state index in [2.05, 4.69) is 15.0 Å². The Morgan fingerprint density at radius 3 is 2.38 bits per heavy atom. The molecule has 0 saturated heterocycles. The number of aromatic nitrogens is 3. The summed E-state index contributed by atoms with van der Waals surface area (Å²) >= 11 is 0. The summed E-state index contributed by atoms with van der Waals surface area (Å²) < 4.78 is 35.8. The zero-order valence-corrected chi connectivity index (χ0v) is 8.71. The van der Waals surface area contributed by atoms with Crippen molar-refractivity contribution >= 4 is 17.8 Å². The number of halogens is 3. The molecule has 1 rings (SSSR count). The molecule has 3 N–H and O–H groups in total. The van der Waals surface area contributed by atoms with E-state index in [-0.39, 0.29) is 17.8 Å². The van der Waals surface area contributed by atoms with Crippen LogP contribution in [0.5, 0.6) is 0 Å². The summed E-state index contributed by atoms with van der Waals surface area (Å²) in [5, 5.41) is 2.03. The van der Waals surface area contributed by atoms with E-state index in [1.165, 1.54) is 4.90 Å². The number of nitrogen functional groups attached to an aromatic ring is 1. The van der Waals surface area contributed by atoms with Crippen molar-refractivity contribution in [1.29, 1.82) is 0 Å². The molecule has 0 fully saturated rings. The van der Waals surface area contributed by atoms with Crippen LogP contribution in [0.25, 0.3) is 0 Å². The van der Waals surface area contributed by atoms with Gasteiger partial charge in [-0.15, -0.1) is 0 Å². The maximum Gasteiger partial charge on any atom is 0.405 e. The minimum Gasteiger partial charge on any atom is -0.368 e. The van der Waals surface area contributed by atoms with Gasteiger partial charge in [-0.05, 0) is 0 Å². The van der Waals surface area contributed by atoms with E-state index in [0.717, 1.165) is 0 Å². The van der Waals surface area contributed by atoms with E-state index in [1.54, 1.807) is 14.1 Å². The number of hydrogen-bond acceptors (Lipinski definition) is 6. The van der Waals surface area contributed by atoms with Crippen LogP contribution >= 0.6 is 0 Å². The summed E-state index contributed by atoms with van der Waals surface area (Å²) in [4.78, 5) is 12.5. The van der Waals surface area contributed by atoms with E-state index < -0.39 is 12.7 Å². The molecule has 90 valence electrons. The lowest BCUT2D eigenvalue weighted by atomic mass is 10.6. The Morgan fingerprint density at radius 2 is 1.88 bits per heavy atom. The number of nitrogens with two attached hydrogens (primary N) is 1. The molecule has 1 aromatic rings. The highest BCUT2D eigenvalue weighted by molar-refractivity contribution is 5.40. The summed E-state index contributed by atoms with van der Waals surface area (Å²) in [5.41, 5.74) is 5.33. The summed E-state index contributed by atoms with van der Waals surface area (Å²) in [6, 6.07) is 0. The van der Waals surface area contributed by atoms with Crippen LogP contribution in [-0.4, -0.2) is 41.8 Å². The molecular weight excluding hydrogens is 225 g/mol. The molecule has 16 heavy (non-hydrogen) atoms. The van der Waals surface area contributed by atoms with Gasteiger partial charge in [0.1, 0.15) is 6.54 Å². The number of alkyl halides is 3. The molecule has 9 heteroatoms. The molecule has 0 spiro atoms. The topological polar surface area (TPSA) is 80.0 Å². The SMILES string of the molecule is CN(C)c1nc(N)nc(NCC(F)(F)F)n1. The van der Waals surface area contributed by atoms with E-state index >= 15 is 0 Å². The van der Waals surface area contributed by atoms with Crippen molar-refractivity contribution in [2.24, 2.45) is 0 Å². The molecule has 0 aliphatic heterocycles. The van der Waals surface area contributed by atoms with Crippen LogP contribution < -0.4 is 16.0 Å². The predicted octanol–water partition coefficient (Wildman–Crippen LogP) is 0.494. The fraction of sp³-hybridized carbons (Fsp3) is 0.571. The molecule has 0 atom stereocenters. The lowest BCUT2D eigenvalue weighted by Crippen LogP contribution is -2.23. The Balaban J connectivity index is 2.81. The second-order valence-electron chi connectivity index (χ2n) is 3.18. The van der Waals surface area contributed by atoms with Gasteiger partial charge in [0.25, 0.3) is 0 Å². The fourth-order valence-corrected chi connectivity index (χ4v) is 0.839. The first-order valence-electron chi connectivity index (χ1n) is 4.27. The zero-order valence-electron chi connectivity index (χ0n) is 8.71. The Labute approximate surface area is 89.7 Å². The maximum atomic E-state index is 11.9. The highest BCUT2D eigenvalue weighted by atomic mass is 19.4. The second-order valence-corrected chi connectivity index (χ2v) is 3.18. The monoisotopic (exact) mass is 236 g/mol. The van der Waals surface area contributed by atoms with Gasteiger partial charge in [0.15, 0.2) is 0 Å². The molecule has 0 radical (unpaired) electrons. The van der Waals surface area contributed by atoms with E-state index in [1.807, 2.05) is 5.32 Å². The quantitative estimate of drug-likeness (QED) is 0.795. The molecular formula is C7H11F3N6. The van der Waals surface area contributed by atoms with Gasteiger partial charge in [0.05, 0.1) is 0 Å². The first kappa shape index (κ1) is 12.3. The molecule has 6 nitrogen and oxygen atoms in total. The molecule has 0 unspecified atom stereocenters. The molecule has 0 bridgehead atoms. The molecule has 0 aliphatic carbocycles. The minimum atomic E-state index is -4.33. The standard InChI is InChI=1S/C7H11F3N6/c1-16(2)6-14-4(11)13-5(15-6)12-3-7(8,9)10/h3H2,1-2H3,(H3,11,12,13,14,15). The van der Waals surface area contributed by atoms with Crippen LogP contribution in [0.15, 0.2) is 0 Å². The van der Waals surface area contributed by atoms with E-state index in [4.69, 9.17) is 5.73 Å². The van der Waals surface area contributed by atoms with Crippen LogP contribution in [-0.2, 0) is 0 Å². The summed E-state index contributed by atoms with van der Waals surface area (Å²) in [5.74, 6) is -0.144. The van der Waals surface area contributed by atoms with Crippen molar-refractivity contribution in [2.75, 3.05) is 36.6 Å². The molecule has 1 heterocycles. The first-order chi connectivity index (χ1) is 7.28. The zero-order chi connectivity index (χ0) is 12.3. The molecule has 0 aliphatic rings. The van der Waals surface area contributed by atoms with E-state index in [9.17, 15) is 13.2 Å². The second kappa shape index (κ2) is 4.37. The normalized spacial score (nSPS) is 11.3. The minimum absolute atomic E-state index is 0.136. The summed E-state index contributed by atoms with van der Waals surface area (Å²) in [7, 11) is 3.28.